The van der Waals surface area contributed by atoms with Crippen LogP contribution in [0.3, 0.4) is 0 Å². The summed E-state index contributed by atoms with van der Waals surface area (Å²) in [6, 6.07) is 0. The number of fused-ring (bicyclic) bond motifs is 2. The Balaban J connectivity index is 2.20. The average molecular weight is 168 g/mol. The number of carbonyl (C=O) groups is 1. The lowest BCUT2D eigenvalue weighted by Crippen LogP contribution is -2.41. The third-order valence-electron chi connectivity index (χ3n) is 3.36. The molecule has 0 saturated heterocycles. The molecule has 0 radical (unpaired) electrons. The van der Waals surface area contributed by atoms with E-state index in [1.807, 2.05) is 0 Å². The Morgan fingerprint density at radius 1 is 1.33 bits per heavy atom. The Kier molecular flexibility index (Phi) is 1.95. The molecule has 2 aliphatic carbocycles. The van der Waals surface area contributed by atoms with Crippen LogP contribution in [0.5, 0.6) is 0 Å². The number of carbonyl (C=O) groups excluding carboxylic acids is 1. The monoisotopic (exact) mass is 168 g/mol. The van der Waals surface area contributed by atoms with Gasteiger partial charge in [0.15, 0.2) is 5.78 Å². The van der Waals surface area contributed by atoms with Gasteiger partial charge in [-0.15, -0.1) is 0 Å². The lowest BCUT2D eigenvalue weighted by Gasteiger charge is -2.33. The van der Waals surface area contributed by atoms with Gasteiger partial charge >= 0.3 is 0 Å². The van der Waals surface area contributed by atoms with Crippen molar-refractivity contribution >= 4 is 5.78 Å². The van der Waals surface area contributed by atoms with Gasteiger partial charge in [-0.2, -0.15) is 0 Å². The van der Waals surface area contributed by atoms with Crippen molar-refractivity contribution in [2.75, 3.05) is 0 Å². The number of ketones is 1. The van der Waals surface area contributed by atoms with Crippen molar-refractivity contribution in [1.82, 2.24) is 0 Å². The zero-order valence-corrected chi connectivity index (χ0v) is 7.38. The molecule has 0 aromatic heterocycles. The molecule has 68 valence electrons. The summed E-state index contributed by atoms with van der Waals surface area (Å²) in [6.07, 6.45) is 6.45. The van der Waals surface area contributed by atoms with Crippen LogP contribution in [0.15, 0.2) is 0 Å². The molecule has 2 fully saturated rings. The van der Waals surface area contributed by atoms with Crippen molar-refractivity contribution in [3.8, 4) is 0 Å². The lowest BCUT2D eigenvalue weighted by molar-refractivity contribution is -0.140. The number of rotatable bonds is 0. The zero-order valence-electron chi connectivity index (χ0n) is 7.38. The van der Waals surface area contributed by atoms with E-state index in [2.05, 4.69) is 0 Å². The third-order valence-corrected chi connectivity index (χ3v) is 3.36. The maximum absolute atomic E-state index is 11.5. The molecule has 2 saturated carbocycles. The van der Waals surface area contributed by atoms with Crippen LogP contribution in [0.4, 0.5) is 0 Å². The van der Waals surface area contributed by atoms with Crippen LogP contribution in [0.1, 0.15) is 44.9 Å². The summed E-state index contributed by atoms with van der Waals surface area (Å²) >= 11 is 0. The topological polar surface area (TPSA) is 37.3 Å². The van der Waals surface area contributed by atoms with Crippen molar-refractivity contribution in [2.24, 2.45) is 5.92 Å². The van der Waals surface area contributed by atoms with Gasteiger partial charge in [-0.25, -0.2) is 0 Å². The second-order valence-corrected chi connectivity index (χ2v) is 4.31. The molecule has 0 heterocycles. The summed E-state index contributed by atoms with van der Waals surface area (Å²) in [7, 11) is 0. The molecular weight excluding hydrogens is 152 g/mol. The lowest BCUT2D eigenvalue weighted by atomic mass is 9.77. The SMILES string of the molecule is O=C1CCC[C@H]2CCC[C@]1(O)C2. The molecule has 0 spiro atoms. The van der Waals surface area contributed by atoms with Crippen LogP contribution >= 0.6 is 0 Å². The summed E-state index contributed by atoms with van der Waals surface area (Å²) in [4.78, 5) is 11.5. The number of aliphatic hydroxyl groups is 1. The molecule has 2 rings (SSSR count). The molecule has 0 unspecified atom stereocenters. The number of Topliss-reactive ketones (excluding diaryl/α,β-unsaturated/α-hetero) is 1. The molecule has 0 aliphatic heterocycles. The maximum Gasteiger partial charge on any atom is 0.164 e. The fourth-order valence-corrected chi connectivity index (χ4v) is 2.65. The van der Waals surface area contributed by atoms with E-state index in [1.165, 1.54) is 6.42 Å². The standard InChI is InChI=1S/C10H16O2/c11-9-5-1-3-8-4-2-6-10(9,12)7-8/h8,12H,1-7H2/t8-,10-/m0/s1. The van der Waals surface area contributed by atoms with E-state index in [1.54, 1.807) is 0 Å². The molecule has 2 nitrogen and oxygen atoms in total. The number of hydrogen-bond donors (Lipinski definition) is 1. The van der Waals surface area contributed by atoms with Crippen molar-refractivity contribution in [3.05, 3.63) is 0 Å². The van der Waals surface area contributed by atoms with E-state index in [4.69, 9.17) is 0 Å². The van der Waals surface area contributed by atoms with Crippen molar-refractivity contribution in [3.63, 3.8) is 0 Å². The first-order valence-electron chi connectivity index (χ1n) is 4.96. The van der Waals surface area contributed by atoms with Gasteiger partial charge in [0.05, 0.1) is 0 Å². The predicted molar refractivity (Wildman–Crippen MR) is 45.8 cm³/mol. The van der Waals surface area contributed by atoms with Gasteiger partial charge in [0.1, 0.15) is 5.60 Å². The molecule has 2 bridgehead atoms. The molecule has 2 atom stereocenters. The van der Waals surface area contributed by atoms with Crippen LogP contribution in [0.25, 0.3) is 0 Å². The Morgan fingerprint density at radius 2 is 2.08 bits per heavy atom. The quantitative estimate of drug-likeness (QED) is 0.597. The van der Waals surface area contributed by atoms with Gasteiger partial charge in [0.2, 0.25) is 0 Å². The van der Waals surface area contributed by atoms with Crippen molar-refractivity contribution in [2.45, 2.75) is 50.5 Å². The van der Waals surface area contributed by atoms with Crippen LogP contribution in [0, 0.1) is 5.92 Å². The van der Waals surface area contributed by atoms with Crippen molar-refractivity contribution in [1.29, 1.82) is 0 Å². The molecule has 2 aliphatic rings. The Morgan fingerprint density at radius 3 is 2.92 bits per heavy atom. The highest BCUT2D eigenvalue weighted by atomic mass is 16.3. The van der Waals surface area contributed by atoms with E-state index in [-0.39, 0.29) is 5.78 Å². The highest BCUT2D eigenvalue weighted by Crippen LogP contribution is 2.39. The van der Waals surface area contributed by atoms with E-state index >= 15 is 0 Å². The largest absolute Gasteiger partial charge is 0.382 e. The maximum atomic E-state index is 11.5. The van der Waals surface area contributed by atoms with E-state index in [0.717, 1.165) is 25.7 Å². The zero-order chi connectivity index (χ0) is 8.60. The van der Waals surface area contributed by atoms with Gasteiger partial charge in [0, 0.05) is 6.42 Å². The molecule has 1 N–H and O–H groups in total. The fourth-order valence-electron chi connectivity index (χ4n) is 2.65. The summed E-state index contributed by atoms with van der Waals surface area (Å²) in [6.45, 7) is 0. The molecule has 0 aromatic rings. The Hall–Kier alpha value is -0.370. The minimum atomic E-state index is -0.917. The molecule has 0 aromatic carbocycles. The van der Waals surface area contributed by atoms with Gasteiger partial charge in [-0.1, -0.05) is 6.42 Å². The molecule has 2 heteroatoms. The van der Waals surface area contributed by atoms with E-state index in [9.17, 15) is 9.90 Å². The van der Waals surface area contributed by atoms with E-state index < -0.39 is 5.60 Å². The van der Waals surface area contributed by atoms with Crippen molar-refractivity contribution < 1.29 is 9.90 Å². The molecule has 0 amide bonds. The minimum absolute atomic E-state index is 0.102. The first-order valence-corrected chi connectivity index (χ1v) is 4.96. The minimum Gasteiger partial charge on any atom is -0.382 e. The van der Waals surface area contributed by atoms with Gasteiger partial charge in [0.25, 0.3) is 0 Å². The van der Waals surface area contributed by atoms with Crippen LogP contribution in [-0.4, -0.2) is 16.5 Å². The molecule has 12 heavy (non-hydrogen) atoms. The van der Waals surface area contributed by atoms with Crippen LogP contribution in [0.2, 0.25) is 0 Å². The van der Waals surface area contributed by atoms with Gasteiger partial charge < -0.3 is 5.11 Å². The van der Waals surface area contributed by atoms with Gasteiger partial charge in [-0.3, -0.25) is 4.79 Å². The smallest absolute Gasteiger partial charge is 0.164 e. The number of hydrogen-bond acceptors (Lipinski definition) is 2. The summed E-state index contributed by atoms with van der Waals surface area (Å²) in [5.41, 5.74) is -0.917. The Labute approximate surface area is 73.0 Å². The van der Waals surface area contributed by atoms with E-state index in [0.29, 0.717) is 18.8 Å². The summed E-state index contributed by atoms with van der Waals surface area (Å²) < 4.78 is 0. The van der Waals surface area contributed by atoms with Crippen LogP contribution in [-0.2, 0) is 4.79 Å². The fraction of sp³-hybridized carbons (Fsp3) is 0.900. The highest BCUT2D eigenvalue weighted by Gasteiger charge is 2.41. The first kappa shape index (κ1) is 8.24. The Bertz CT molecular complexity index is 200. The predicted octanol–water partition coefficient (Wildman–Crippen LogP) is 1.66. The van der Waals surface area contributed by atoms with Gasteiger partial charge in [-0.05, 0) is 38.0 Å². The summed E-state index contributed by atoms with van der Waals surface area (Å²) in [5.74, 6) is 0.722. The second kappa shape index (κ2) is 2.84. The first-order chi connectivity index (χ1) is 5.71. The summed E-state index contributed by atoms with van der Waals surface area (Å²) in [5, 5.41) is 10.0. The normalized spacial score (nSPS) is 42.4. The average Bonchev–Trinajstić information content (AvgIpc) is 2.12. The second-order valence-electron chi connectivity index (χ2n) is 4.31. The molecular formula is C10H16O2. The van der Waals surface area contributed by atoms with Crippen LogP contribution < -0.4 is 0 Å². The highest BCUT2D eigenvalue weighted by molar-refractivity contribution is 5.87. The third kappa shape index (κ3) is 1.28.